The minimum atomic E-state index is -0.653. The molecule has 0 unspecified atom stereocenters. The minimum Gasteiger partial charge on any atom is -0.469 e. The van der Waals surface area contributed by atoms with Crippen molar-refractivity contribution in [2.75, 3.05) is 14.2 Å². The molecule has 146 valence electrons. The maximum Gasteiger partial charge on any atom is 0.311 e. The van der Waals surface area contributed by atoms with Crippen LogP contribution >= 0.6 is 0 Å². The highest BCUT2D eigenvalue weighted by Crippen LogP contribution is 2.62. The van der Waals surface area contributed by atoms with Gasteiger partial charge in [-0.15, -0.1) is 0 Å². The predicted octanol–water partition coefficient (Wildman–Crippen LogP) is 3.25. The van der Waals surface area contributed by atoms with Gasteiger partial charge in [0.1, 0.15) is 0 Å². The summed E-state index contributed by atoms with van der Waals surface area (Å²) >= 11 is 0. The van der Waals surface area contributed by atoms with Crippen LogP contribution in [0.5, 0.6) is 0 Å². The summed E-state index contributed by atoms with van der Waals surface area (Å²) in [7, 11) is 2.83. The van der Waals surface area contributed by atoms with Crippen LogP contribution in [0.1, 0.15) is 58.8 Å². The number of fused-ring (bicyclic) bond motifs is 3. The molecule has 0 spiro atoms. The minimum absolute atomic E-state index is 0.0635. The van der Waals surface area contributed by atoms with E-state index in [4.69, 9.17) is 9.47 Å². The molecule has 26 heavy (non-hydrogen) atoms. The summed E-state index contributed by atoms with van der Waals surface area (Å²) < 4.78 is 10.1. The van der Waals surface area contributed by atoms with Gasteiger partial charge in [0.2, 0.25) is 0 Å². The second-order valence-electron chi connectivity index (χ2n) is 8.88. The number of carbonyl (C=O) groups is 2. The van der Waals surface area contributed by atoms with Crippen LogP contribution in [0.25, 0.3) is 0 Å². The standard InChI is InChI=1S/C21H32O5/c1-20-9-7-14(22)11-13(20)5-6-15-16(20)8-10-21(2,19(24)26-4)17(15)12-18(23)25-3/h5,14-17,22H,6-12H2,1-4H3/t14-,15-,16+,17-,20-,21+/m1/s1. The number of allylic oxidation sites excluding steroid dienone is 1. The molecule has 6 atom stereocenters. The van der Waals surface area contributed by atoms with E-state index < -0.39 is 5.41 Å². The van der Waals surface area contributed by atoms with Gasteiger partial charge >= 0.3 is 11.9 Å². The number of ether oxygens (including phenoxy) is 2. The predicted molar refractivity (Wildman–Crippen MR) is 97.1 cm³/mol. The molecule has 0 amide bonds. The quantitative estimate of drug-likeness (QED) is 0.615. The van der Waals surface area contributed by atoms with Gasteiger partial charge in [0.05, 0.1) is 25.7 Å². The van der Waals surface area contributed by atoms with Gasteiger partial charge in [-0.05, 0) is 68.6 Å². The molecule has 0 radical (unpaired) electrons. The lowest BCUT2D eigenvalue weighted by Gasteiger charge is -2.57. The SMILES string of the molecule is COC(=O)C[C@@H]1[C@@H]2CC=C3C[C@H](O)CC[C@@]3(C)[C@H]2CC[C@]1(C)C(=O)OC. The van der Waals surface area contributed by atoms with E-state index in [1.807, 2.05) is 6.92 Å². The molecule has 0 bridgehead atoms. The fourth-order valence-corrected chi connectivity index (χ4v) is 6.09. The van der Waals surface area contributed by atoms with Gasteiger partial charge in [-0.2, -0.15) is 0 Å². The van der Waals surface area contributed by atoms with Gasteiger partial charge in [-0.1, -0.05) is 18.6 Å². The summed E-state index contributed by atoms with van der Waals surface area (Å²) in [6.07, 6.45) is 7.40. The molecule has 0 aromatic heterocycles. The van der Waals surface area contributed by atoms with Crippen LogP contribution in [0, 0.1) is 28.6 Å². The van der Waals surface area contributed by atoms with Crippen LogP contribution in [0.3, 0.4) is 0 Å². The molecule has 5 nitrogen and oxygen atoms in total. The topological polar surface area (TPSA) is 72.8 Å². The monoisotopic (exact) mass is 364 g/mol. The number of aliphatic hydroxyl groups excluding tert-OH is 1. The smallest absolute Gasteiger partial charge is 0.311 e. The highest BCUT2D eigenvalue weighted by molar-refractivity contribution is 5.78. The second-order valence-corrected chi connectivity index (χ2v) is 8.88. The summed E-state index contributed by atoms with van der Waals surface area (Å²) in [5, 5.41) is 10.1. The summed E-state index contributed by atoms with van der Waals surface area (Å²) in [6.45, 7) is 4.27. The zero-order chi connectivity index (χ0) is 19.1. The number of esters is 2. The van der Waals surface area contributed by atoms with Crippen molar-refractivity contribution < 1.29 is 24.2 Å². The zero-order valence-electron chi connectivity index (χ0n) is 16.4. The average Bonchev–Trinajstić information content (AvgIpc) is 2.63. The molecule has 5 heteroatoms. The number of hydrogen-bond acceptors (Lipinski definition) is 5. The molecule has 2 fully saturated rings. The third-order valence-corrected chi connectivity index (χ3v) is 7.73. The Kier molecular flexibility index (Phi) is 5.22. The molecule has 1 N–H and O–H groups in total. The van der Waals surface area contributed by atoms with E-state index in [1.54, 1.807) is 0 Å². The van der Waals surface area contributed by atoms with Crippen molar-refractivity contribution in [2.45, 2.75) is 64.9 Å². The first kappa shape index (κ1) is 19.4. The molecule has 0 saturated heterocycles. The number of rotatable bonds is 3. The van der Waals surface area contributed by atoms with Crippen molar-refractivity contribution in [3.05, 3.63) is 11.6 Å². The summed E-state index contributed by atoms with van der Waals surface area (Å²) in [4.78, 5) is 24.8. The number of methoxy groups -OCH3 is 2. The lowest BCUT2D eigenvalue weighted by Crippen LogP contribution is -2.53. The zero-order valence-corrected chi connectivity index (χ0v) is 16.4. The van der Waals surface area contributed by atoms with Crippen LogP contribution in [0.2, 0.25) is 0 Å². The highest BCUT2D eigenvalue weighted by Gasteiger charge is 2.57. The largest absolute Gasteiger partial charge is 0.469 e. The maximum atomic E-state index is 12.6. The summed E-state index contributed by atoms with van der Waals surface area (Å²) in [5.74, 6) is 0.134. The number of aliphatic hydroxyl groups is 1. The Bertz CT molecular complexity index is 612. The number of carbonyl (C=O) groups excluding carboxylic acids is 2. The molecule has 0 aromatic carbocycles. The Morgan fingerprint density at radius 1 is 1.19 bits per heavy atom. The Labute approximate surface area is 156 Å². The van der Waals surface area contributed by atoms with Crippen LogP contribution in [0.15, 0.2) is 11.6 Å². The third kappa shape index (κ3) is 2.98. The van der Waals surface area contributed by atoms with Crippen molar-refractivity contribution in [3.63, 3.8) is 0 Å². The van der Waals surface area contributed by atoms with Crippen molar-refractivity contribution in [2.24, 2.45) is 28.6 Å². The van der Waals surface area contributed by atoms with E-state index in [0.717, 1.165) is 38.5 Å². The fourth-order valence-electron chi connectivity index (χ4n) is 6.09. The van der Waals surface area contributed by atoms with Crippen LogP contribution in [-0.2, 0) is 19.1 Å². The van der Waals surface area contributed by atoms with Crippen molar-refractivity contribution in [1.82, 2.24) is 0 Å². The lowest BCUT2D eigenvalue weighted by atomic mass is 9.47. The third-order valence-electron chi connectivity index (χ3n) is 7.73. The molecule has 3 aliphatic rings. The molecule has 3 aliphatic carbocycles. The Balaban J connectivity index is 1.97. The van der Waals surface area contributed by atoms with Crippen LogP contribution in [-0.4, -0.2) is 37.4 Å². The van der Waals surface area contributed by atoms with Crippen LogP contribution in [0.4, 0.5) is 0 Å². The molecule has 3 rings (SSSR count). The lowest BCUT2D eigenvalue weighted by molar-refractivity contribution is -0.167. The highest BCUT2D eigenvalue weighted by atomic mass is 16.5. The molecular weight excluding hydrogens is 332 g/mol. The summed E-state index contributed by atoms with van der Waals surface area (Å²) in [6, 6.07) is 0. The van der Waals surface area contributed by atoms with Gasteiger partial charge in [0, 0.05) is 6.42 Å². The van der Waals surface area contributed by atoms with Crippen LogP contribution < -0.4 is 0 Å². The average molecular weight is 364 g/mol. The van der Waals surface area contributed by atoms with E-state index in [-0.39, 0.29) is 41.7 Å². The van der Waals surface area contributed by atoms with Gasteiger partial charge in [-0.3, -0.25) is 9.59 Å². The first-order valence-corrected chi connectivity index (χ1v) is 9.79. The fraction of sp³-hybridized carbons (Fsp3) is 0.810. The molecule has 0 aliphatic heterocycles. The van der Waals surface area contributed by atoms with Gasteiger partial charge in [0.25, 0.3) is 0 Å². The normalized spacial score (nSPS) is 42.1. The maximum absolute atomic E-state index is 12.6. The van der Waals surface area contributed by atoms with E-state index in [9.17, 15) is 14.7 Å². The van der Waals surface area contributed by atoms with Gasteiger partial charge < -0.3 is 14.6 Å². The Hall–Kier alpha value is -1.36. The Morgan fingerprint density at radius 3 is 2.58 bits per heavy atom. The molecule has 0 aromatic rings. The molecular formula is C21H32O5. The van der Waals surface area contributed by atoms with E-state index in [1.165, 1.54) is 19.8 Å². The van der Waals surface area contributed by atoms with Gasteiger partial charge in [-0.25, -0.2) is 0 Å². The van der Waals surface area contributed by atoms with Crippen molar-refractivity contribution in [1.29, 1.82) is 0 Å². The second kappa shape index (κ2) is 6.99. The molecule has 2 saturated carbocycles. The van der Waals surface area contributed by atoms with E-state index in [2.05, 4.69) is 13.0 Å². The Morgan fingerprint density at radius 2 is 1.92 bits per heavy atom. The number of hydrogen-bond donors (Lipinski definition) is 1. The summed E-state index contributed by atoms with van der Waals surface area (Å²) in [5.41, 5.74) is 0.782. The van der Waals surface area contributed by atoms with E-state index >= 15 is 0 Å². The van der Waals surface area contributed by atoms with Crippen molar-refractivity contribution >= 4 is 11.9 Å². The first-order chi connectivity index (χ1) is 12.3. The van der Waals surface area contributed by atoms with E-state index in [0.29, 0.717) is 5.92 Å². The molecule has 0 heterocycles. The first-order valence-electron chi connectivity index (χ1n) is 9.79. The van der Waals surface area contributed by atoms with Crippen molar-refractivity contribution in [3.8, 4) is 0 Å². The van der Waals surface area contributed by atoms with Gasteiger partial charge in [0.15, 0.2) is 0 Å².